The summed E-state index contributed by atoms with van der Waals surface area (Å²) in [5, 5.41) is 50.5. The summed E-state index contributed by atoms with van der Waals surface area (Å²) in [6, 6.07) is 56.6. The lowest BCUT2D eigenvalue weighted by atomic mass is 10.0. The third-order valence-electron chi connectivity index (χ3n) is 22.7. The van der Waals surface area contributed by atoms with E-state index in [4.69, 9.17) is 0 Å². The van der Waals surface area contributed by atoms with Crippen molar-refractivity contribution in [1.29, 1.82) is 10.5 Å². The van der Waals surface area contributed by atoms with Crippen LogP contribution in [-0.4, -0.2) is 23.5 Å². The lowest BCUT2D eigenvalue weighted by molar-refractivity contribution is -0.385. The van der Waals surface area contributed by atoms with Crippen molar-refractivity contribution < 1.29 is 9.85 Å². The van der Waals surface area contributed by atoms with Gasteiger partial charge in [-0.05, 0) is 175 Å². The maximum Gasteiger partial charge on any atom is 0.269 e. The zero-order valence-electron chi connectivity index (χ0n) is 66.5. The zero-order valence-corrected chi connectivity index (χ0v) is 66.5. The summed E-state index contributed by atoms with van der Waals surface area (Å²) in [6.45, 7) is 9.56. The highest BCUT2D eigenvalue weighted by Gasteiger charge is 2.18. The van der Waals surface area contributed by atoms with Crippen LogP contribution in [0.25, 0.3) is 88.7 Å². The van der Waals surface area contributed by atoms with Crippen LogP contribution >= 0.6 is 0 Å². The number of hydrogen-bond donors (Lipinski definition) is 0. The van der Waals surface area contributed by atoms with Gasteiger partial charge in [-0.3, -0.25) is 20.2 Å². The Balaban J connectivity index is 0.885. The molecule has 3 aromatic heterocycles. The van der Waals surface area contributed by atoms with Gasteiger partial charge in [-0.2, -0.15) is 10.5 Å². The van der Waals surface area contributed by atoms with Gasteiger partial charge >= 0.3 is 0 Å². The number of nitro benzene ring substituents is 2. The third-order valence-corrected chi connectivity index (χ3v) is 22.7. The molecule has 0 saturated carbocycles. The number of hydrogen-bond acceptors (Lipinski definition) is 6. The second-order valence-electron chi connectivity index (χ2n) is 31.1. The van der Waals surface area contributed by atoms with E-state index < -0.39 is 9.85 Å². The van der Waals surface area contributed by atoms with Gasteiger partial charge in [-0.25, -0.2) is 0 Å². The monoisotopic (exact) mass is 1480 g/mol. The molecule has 3 heterocycles. The van der Waals surface area contributed by atoms with Crippen molar-refractivity contribution in [3.63, 3.8) is 0 Å². The number of rotatable bonds is 45. The molecule has 111 heavy (non-hydrogen) atoms. The molecule has 0 spiro atoms. The molecule has 0 aliphatic carbocycles. The van der Waals surface area contributed by atoms with Gasteiger partial charge in [-0.15, -0.1) is 0 Å². The number of aryl methyl sites for hydroxylation is 3. The molecular weight excluding hydrogens is 1360 g/mol. The number of aromatic nitrogens is 3. The van der Waals surface area contributed by atoms with E-state index in [1.165, 1.54) is 247 Å². The summed E-state index contributed by atoms with van der Waals surface area (Å²) >= 11 is 0. The Morgan fingerprint density at radius 1 is 0.297 bits per heavy atom. The van der Waals surface area contributed by atoms with Crippen molar-refractivity contribution >= 4 is 100 Å². The maximum atomic E-state index is 11.5. The topological polar surface area (TPSA) is 149 Å². The van der Waals surface area contributed by atoms with Crippen LogP contribution in [-0.2, 0) is 19.6 Å². The van der Waals surface area contributed by atoms with Gasteiger partial charge in [0.1, 0.15) is 0 Å². The second kappa shape index (κ2) is 43.2. The molecule has 0 atom stereocenters. The predicted octanol–water partition coefficient (Wildman–Crippen LogP) is 28.9. The molecule has 0 aliphatic heterocycles. The summed E-state index contributed by atoms with van der Waals surface area (Å²) in [7, 11) is 0. The molecule has 0 N–H and O–H groups in total. The van der Waals surface area contributed by atoms with Crippen molar-refractivity contribution in [2.24, 2.45) is 0 Å². The SMILES string of the molecule is CCCCCCCCCCCCCCn1c2ccc(C#Cc3ccc4c(c3)c3cc(/C=C(/C#N)c5ccc([N+](=O)[O-])cc5)ccc3n4CCCCCCCCCCCCCC)cc2c2cc(C#Cc3ccc4c(c3)c3cc(/C=C(/C#N)c5ccc([N+](=O)[O-])cc5)ccc3n4CCCCCCCCCCCCCC)ccc21. The first kappa shape index (κ1) is 81.5. The Morgan fingerprint density at radius 3 is 0.739 bits per heavy atom. The van der Waals surface area contributed by atoms with Crippen LogP contribution in [0.4, 0.5) is 11.4 Å². The molecular formula is C100H115N7O4. The number of non-ortho nitro benzene ring substituents is 2. The van der Waals surface area contributed by atoms with Crippen molar-refractivity contribution in [2.75, 3.05) is 0 Å². The fourth-order valence-electron chi connectivity index (χ4n) is 16.4. The Bertz CT molecular complexity index is 4910. The van der Waals surface area contributed by atoms with E-state index >= 15 is 0 Å². The largest absolute Gasteiger partial charge is 0.340 e. The maximum absolute atomic E-state index is 11.5. The molecule has 0 radical (unpaired) electrons. The van der Waals surface area contributed by atoms with Crippen LogP contribution < -0.4 is 0 Å². The third kappa shape index (κ3) is 22.9. The molecule has 0 saturated heterocycles. The number of allylic oxidation sites excluding steroid dienone is 2. The summed E-state index contributed by atoms with van der Waals surface area (Å²) in [4.78, 5) is 22.2. The van der Waals surface area contributed by atoms with Gasteiger partial charge in [0.15, 0.2) is 0 Å². The minimum absolute atomic E-state index is 0.0144. The van der Waals surface area contributed by atoms with Gasteiger partial charge in [0.05, 0.1) is 33.1 Å². The number of nitriles is 2. The van der Waals surface area contributed by atoms with Crippen LogP contribution in [0, 0.1) is 66.6 Å². The average Bonchev–Trinajstić information content (AvgIpc) is 1.62. The number of fused-ring (bicyclic) bond motifs is 9. The lowest BCUT2D eigenvalue weighted by Crippen LogP contribution is -1.98. The molecule has 0 fully saturated rings. The fraction of sp³-hybridized carbons (Fsp3) is 0.420. The molecule has 11 rings (SSSR count). The highest BCUT2D eigenvalue weighted by atomic mass is 16.6. The highest BCUT2D eigenvalue weighted by molar-refractivity contribution is 6.12. The van der Waals surface area contributed by atoms with E-state index in [0.29, 0.717) is 22.3 Å². The van der Waals surface area contributed by atoms with E-state index in [-0.39, 0.29) is 11.4 Å². The molecule has 8 aromatic carbocycles. The normalized spacial score (nSPS) is 11.8. The molecule has 574 valence electrons. The first-order chi connectivity index (χ1) is 54.5. The van der Waals surface area contributed by atoms with Crippen LogP contribution in [0.15, 0.2) is 158 Å². The van der Waals surface area contributed by atoms with Gasteiger partial charge in [0, 0.05) is 132 Å². The molecule has 0 amide bonds. The zero-order chi connectivity index (χ0) is 77.4. The van der Waals surface area contributed by atoms with E-state index in [9.17, 15) is 30.8 Å². The van der Waals surface area contributed by atoms with Crippen molar-refractivity contribution in [2.45, 2.75) is 272 Å². The second-order valence-corrected chi connectivity index (χ2v) is 31.1. The standard InChI is InChI=1S/C100H115N7O4/c1-4-7-10-13-16-19-22-25-28-31-34-37-64-103-95-58-44-77(40-42-79-46-60-97-91(71-79)93-73-81(67-85(75-101)83-50-54-87(55-51-83)106(108)109)48-62-99(93)104(97)65-38-35-32-29-26-23-20-17-14-11-8-5-2)69-89(95)90-70-78(45-59-96(90)103)41-43-80-47-61-98-92(72-80)94-74-82(68-86(76-102)84-52-56-88(57-53-84)107(110)111)49-63-100(94)105(98)66-39-36-33-30-27-24-21-18-15-12-9-6-3/h44-63,67-74H,4-39,64-66H2,1-3H3/b85-67-,86-68-. The minimum atomic E-state index is -0.422. The number of nitrogens with zero attached hydrogens (tertiary/aromatic N) is 7. The van der Waals surface area contributed by atoms with E-state index in [0.717, 1.165) is 127 Å². The van der Waals surface area contributed by atoms with Crippen LogP contribution in [0.2, 0.25) is 0 Å². The average molecular weight is 1480 g/mol. The summed E-state index contributed by atoms with van der Waals surface area (Å²) in [5.74, 6) is 14.5. The van der Waals surface area contributed by atoms with Crippen molar-refractivity contribution in [3.05, 3.63) is 222 Å². The molecule has 11 nitrogen and oxygen atoms in total. The Hall–Kier alpha value is -10.5. The Morgan fingerprint density at radius 2 is 0.514 bits per heavy atom. The number of benzene rings is 8. The Labute approximate surface area is 660 Å². The van der Waals surface area contributed by atoms with E-state index in [2.05, 4.69) is 179 Å². The first-order valence-electron chi connectivity index (χ1n) is 42.5. The van der Waals surface area contributed by atoms with E-state index in [1.807, 2.05) is 12.2 Å². The summed E-state index contributed by atoms with van der Waals surface area (Å²) in [5.41, 5.74) is 14.5. The molecule has 0 bridgehead atoms. The summed E-state index contributed by atoms with van der Waals surface area (Å²) < 4.78 is 7.44. The molecule has 11 aromatic rings. The van der Waals surface area contributed by atoms with Crippen LogP contribution in [0.3, 0.4) is 0 Å². The first-order valence-corrected chi connectivity index (χ1v) is 42.5. The van der Waals surface area contributed by atoms with Crippen molar-refractivity contribution in [1.82, 2.24) is 13.7 Å². The van der Waals surface area contributed by atoms with Crippen molar-refractivity contribution in [3.8, 4) is 35.8 Å². The molecule has 11 heteroatoms. The van der Waals surface area contributed by atoms with Gasteiger partial charge in [0.2, 0.25) is 0 Å². The predicted molar refractivity (Wildman–Crippen MR) is 467 cm³/mol. The minimum Gasteiger partial charge on any atom is -0.340 e. The quantitative estimate of drug-likeness (QED) is 0.00926. The van der Waals surface area contributed by atoms with Gasteiger partial charge < -0.3 is 13.7 Å². The fourth-order valence-corrected chi connectivity index (χ4v) is 16.4. The number of unbranched alkanes of at least 4 members (excludes halogenated alkanes) is 33. The molecule has 0 aliphatic rings. The summed E-state index contributed by atoms with van der Waals surface area (Å²) in [6.07, 6.45) is 50.3. The molecule has 0 unspecified atom stereocenters. The highest BCUT2D eigenvalue weighted by Crippen LogP contribution is 2.37. The smallest absolute Gasteiger partial charge is 0.269 e. The number of nitro groups is 2. The lowest BCUT2D eigenvalue weighted by Gasteiger charge is -2.08. The van der Waals surface area contributed by atoms with Gasteiger partial charge in [0.25, 0.3) is 11.4 Å². The van der Waals surface area contributed by atoms with Gasteiger partial charge in [-0.1, -0.05) is 268 Å². The van der Waals surface area contributed by atoms with Crippen LogP contribution in [0.1, 0.15) is 296 Å². The Kier molecular flexibility index (Phi) is 31.7. The van der Waals surface area contributed by atoms with Crippen LogP contribution in [0.5, 0.6) is 0 Å². The van der Waals surface area contributed by atoms with E-state index in [1.54, 1.807) is 24.3 Å².